The summed E-state index contributed by atoms with van der Waals surface area (Å²) in [5.74, 6) is -0.952. The van der Waals surface area contributed by atoms with Crippen LogP contribution in [-0.4, -0.2) is 18.9 Å². The molecule has 4 nitrogen and oxygen atoms in total. The fourth-order valence-electron chi connectivity index (χ4n) is 2.68. The van der Waals surface area contributed by atoms with Crippen LogP contribution in [0.2, 0.25) is 0 Å². The Bertz CT molecular complexity index is 957. The summed E-state index contributed by atoms with van der Waals surface area (Å²) >= 11 is 0. The minimum absolute atomic E-state index is 0.0770. The van der Waals surface area contributed by atoms with E-state index in [9.17, 15) is 14.0 Å². The van der Waals surface area contributed by atoms with Crippen LogP contribution in [0.25, 0.3) is 0 Å². The Morgan fingerprint density at radius 3 is 2.30 bits per heavy atom. The molecule has 1 N–H and O–H groups in total. The highest BCUT2D eigenvalue weighted by Gasteiger charge is 2.15. The Morgan fingerprint density at radius 2 is 1.56 bits per heavy atom. The molecule has 0 spiro atoms. The predicted octanol–water partition coefficient (Wildman–Crippen LogP) is 4.03. The number of amides is 2. The second-order valence-electron chi connectivity index (χ2n) is 6.05. The number of nitrogens with one attached hydrogen (secondary N) is 1. The van der Waals surface area contributed by atoms with Crippen LogP contribution in [0.1, 0.15) is 26.3 Å². The molecule has 0 atom stereocenters. The number of para-hydroxylation sites is 1. The molecule has 5 heteroatoms. The maximum Gasteiger partial charge on any atom is 0.258 e. The van der Waals surface area contributed by atoms with Crippen molar-refractivity contribution in [1.82, 2.24) is 5.32 Å². The molecule has 3 aromatic carbocycles. The van der Waals surface area contributed by atoms with Crippen molar-refractivity contribution in [2.24, 2.45) is 0 Å². The SMILES string of the molecule is CN(C(=O)c1cccc(C(=O)NCc2ccccc2F)c1)c1ccccc1. The van der Waals surface area contributed by atoms with Crippen LogP contribution in [0.15, 0.2) is 78.9 Å². The number of halogens is 1. The largest absolute Gasteiger partial charge is 0.348 e. The number of carbonyl (C=O) groups excluding carboxylic acids is 2. The molecule has 0 radical (unpaired) electrons. The number of benzene rings is 3. The molecule has 136 valence electrons. The van der Waals surface area contributed by atoms with Gasteiger partial charge in [0.05, 0.1) is 0 Å². The zero-order valence-electron chi connectivity index (χ0n) is 14.9. The number of hydrogen-bond donors (Lipinski definition) is 1. The molecular formula is C22H19FN2O2. The Labute approximate surface area is 157 Å². The molecular weight excluding hydrogens is 343 g/mol. The highest BCUT2D eigenvalue weighted by Crippen LogP contribution is 2.16. The first-order valence-electron chi connectivity index (χ1n) is 8.51. The number of carbonyl (C=O) groups is 2. The molecule has 0 aromatic heterocycles. The van der Waals surface area contributed by atoms with Gasteiger partial charge in [-0.25, -0.2) is 4.39 Å². The van der Waals surface area contributed by atoms with Crippen LogP contribution >= 0.6 is 0 Å². The first kappa shape index (κ1) is 18.3. The molecule has 0 unspecified atom stereocenters. The van der Waals surface area contributed by atoms with E-state index in [0.29, 0.717) is 16.7 Å². The van der Waals surface area contributed by atoms with Crippen LogP contribution in [-0.2, 0) is 6.54 Å². The quantitative estimate of drug-likeness (QED) is 0.745. The van der Waals surface area contributed by atoms with Gasteiger partial charge in [0, 0.05) is 36.0 Å². The highest BCUT2D eigenvalue weighted by molar-refractivity contribution is 6.07. The average Bonchev–Trinajstić information content (AvgIpc) is 2.72. The van der Waals surface area contributed by atoms with Crippen molar-refractivity contribution in [2.75, 3.05) is 11.9 Å². The zero-order chi connectivity index (χ0) is 19.2. The predicted molar refractivity (Wildman–Crippen MR) is 103 cm³/mol. The van der Waals surface area contributed by atoms with Crippen LogP contribution in [0.4, 0.5) is 10.1 Å². The third kappa shape index (κ3) is 4.39. The first-order valence-corrected chi connectivity index (χ1v) is 8.51. The molecule has 0 aliphatic carbocycles. The van der Waals surface area contributed by atoms with Gasteiger partial charge in [-0.05, 0) is 36.4 Å². The minimum atomic E-state index is -0.369. The van der Waals surface area contributed by atoms with Crippen molar-refractivity contribution in [3.05, 3.63) is 101 Å². The van der Waals surface area contributed by atoms with E-state index in [1.54, 1.807) is 49.5 Å². The second-order valence-corrected chi connectivity index (χ2v) is 6.05. The van der Waals surface area contributed by atoms with Crippen molar-refractivity contribution in [2.45, 2.75) is 6.54 Å². The van der Waals surface area contributed by atoms with Crippen LogP contribution < -0.4 is 10.2 Å². The van der Waals surface area contributed by atoms with Crippen molar-refractivity contribution < 1.29 is 14.0 Å². The van der Waals surface area contributed by atoms with Crippen LogP contribution in [0.5, 0.6) is 0 Å². The zero-order valence-corrected chi connectivity index (χ0v) is 14.9. The molecule has 0 saturated heterocycles. The smallest absolute Gasteiger partial charge is 0.258 e. The van der Waals surface area contributed by atoms with Crippen molar-refractivity contribution >= 4 is 17.5 Å². The lowest BCUT2D eigenvalue weighted by Crippen LogP contribution is -2.27. The molecule has 27 heavy (non-hydrogen) atoms. The fraction of sp³-hybridized carbons (Fsp3) is 0.0909. The third-order valence-corrected chi connectivity index (χ3v) is 4.22. The summed E-state index contributed by atoms with van der Waals surface area (Å²) in [6.07, 6.45) is 0. The summed E-state index contributed by atoms with van der Waals surface area (Å²) in [6, 6.07) is 22.0. The summed E-state index contributed by atoms with van der Waals surface area (Å²) in [5.41, 5.74) is 1.91. The van der Waals surface area contributed by atoms with Crippen LogP contribution in [0, 0.1) is 5.82 Å². The number of anilines is 1. The Balaban J connectivity index is 1.72. The third-order valence-electron chi connectivity index (χ3n) is 4.22. The van der Waals surface area contributed by atoms with Crippen molar-refractivity contribution in [3.63, 3.8) is 0 Å². The van der Waals surface area contributed by atoms with Gasteiger partial charge in [0.2, 0.25) is 0 Å². The second kappa shape index (κ2) is 8.27. The lowest BCUT2D eigenvalue weighted by atomic mass is 10.1. The summed E-state index contributed by atoms with van der Waals surface area (Å²) in [7, 11) is 1.68. The average molecular weight is 362 g/mol. The monoisotopic (exact) mass is 362 g/mol. The number of rotatable bonds is 5. The van der Waals surface area contributed by atoms with E-state index in [2.05, 4.69) is 5.32 Å². The summed E-state index contributed by atoms with van der Waals surface area (Å²) in [4.78, 5) is 26.6. The van der Waals surface area contributed by atoms with Gasteiger partial charge in [-0.3, -0.25) is 9.59 Å². The lowest BCUT2D eigenvalue weighted by Gasteiger charge is -2.17. The number of nitrogens with zero attached hydrogens (tertiary/aromatic N) is 1. The molecule has 0 saturated carbocycles. The van der Waals surface area contributed by atoms with E-state index < -0.39 is 0 Å². The number of hydrogen-bond acceptors (Lipinski definition) is 2. The highest BCUT2D eigenvalue weighted by atomic mass is 19.1. The van der Waals surface area contributed by atoms with E-state index in [0.717, 1.165) is 5.69 Å². The maximum absolute atomic E-state index is 13.7. The molecule has 0 bridgehead atoms. The van der Waals surface area contributed by atoms with Gasteiger partial charge >= 0.3 is 0 Å². The van der Waals surface area contributed by atoms with Gasteiger partial charge in [-0.15, -0.1) is 0 Å². The van der Waals surface area contributed by atoms with Crippen LogP contribution in [0.3, 0.4) is 0 Å². The van der Waals surface area contributed by atoms with Crippen molar-refractivity contribution in [3.8, 4) is 0 Å². The topological polar surface area (TPSA) is 49.4 Å². The summed E-state index contributed by atoms with van der Waals surface area (Å²) < 4.78 is 13.7. The Hall–Kier alpha value is -3.47. The normalized spacial score (nSPS) is 10.3. The maximum atomic E-state index is 13.7. The fourth-order valence-corrected chi connectivity index (χ4v) is 2.68. The molecule has 3 rings (SSSR count). The molecule has 0 fully saturated rings. The Morgan fingerprint density at radius 1 is 0.889 bits per heavy atom. The van der Waals surface area contributed by atoms with Crippen molar-refractivity contribution in [1.29, 1.82) is 0 Å². The van der Waals surface area contributed by atoms with Gasteiger partial charge in [0.25, 0.3) is 11.8 Å². The van der Waals surface area contributed by atoms with Gasteiger partial charge in [-0.1, -0.05) is 42.5 Å². The van der Waals surface area contributed by atoms with E-state index in [4.69, 9.17) is 0 Å². The Kier molecular flexibility index (Phi) is 5.61. The lowest BCUT2D eigenvalue weighted by molar-refractivity contribution is 0.0950. The summed E-state index contributed by atoms with van der Waals surface area (Å²) in [6.45, 7) is 0.0770. The first-order chi connectivity index (χ1) is 13.1. The molecule has 3 aromatic rings. The standard InChI is InChI=1S/C22H19FN2O2/c1-25(19-11-3-2-4-12-19)22(27)17-10-7-9-16(14-17)21(26)24-15-18-8-5-6-13-20(18)23/h2-14H,15H2,1H3,(H,24,26). The van der Waals surface area contributed by atoms with Gasteiger partial charge < -0.3 is 10.2 Å². The van der Waals surface area contributed by atoms with E-state index in [1.807, 2.05) is 30.3 Å². The molecule has 2 amide bonds. The van der Waals surface area contributed by atoms with E-state index >= 15 is 0 Å². The molecule has 0 heterocycles. The summed E-state index contributed by atoms with van der Waals surface area (Å²) in [5, 5.41) is 2.68. The van der Waals surface area contributed by atoms with Gasteiger partial charge in [0.1, 0.15) is 5.82 Å². The van der Waals surface area contributed by atoms with Gasteiger partial charge in [0.15, 0.2) is 0 Å². The van der Waals surface area contributed by atoms with E-state index in [-0.39, 0.29) is 24.2 Å². The minimum Gasteiger partial charge on any atom is -0.348 e. The molecule has 0 aliphatic rings. The van der Waals surface area contributed by atoms with Gasteiger partial charge in [-0.2, -0.15) is 0 Å². The van der Waals surface area contributed by atoms with E-state index in [1.165, 1.54) is 11.0 Å². The molecule has 0 aliphatic heterocycles.